The van der Waals surface area contributed by atoms with Gasteiger partial charge in [-0.25, -0.2) is 0 Å². The molecule has 1 fully saturated rings. The molecule has 0 amide bonds. The molecule has 1 saturated carbocycles. The Labute approximate surface area is 110 Å². The van der Waals surface area contributed by atoms with E-state index >= 15 is 0 Å². The summed E-state index contributed by atoms with van der Waals surface area (Å²) in [5.41, 5.74) is 0. The van der Waals surface area contributed by atoms with Crippen LogP contribution in [0.15, 0.2) is 24.3 Å². The second kappa shape index (κ2) is 5.74. The van der Waals surface area contributed by atoms with Crippen molar-refractivity contribution in [3.8, 4) is 11.5 Å². The van der Waals surface area contributed by atoms with E-state index in [1.54, 1.807) is 7.11 Å². The Morgan fingerprint density at radius 3 is 2.76 bits per heavy atom. The number of ether oxygens (including phenoxy) is 3. The molecule has 3 unspecified atom stereocenters. The molecule has 0 heterocycles. The fourth-order valence-corrected chi connectivity index (χ4v) is 2.76. The fraction of sp³-hybridized carbons (Fsp3) is 0.538. The highest BCUT2D eigenvalue weighted by Gasteiger charge is 2.42. The van der Waals surface area contributed by atoms with Gasteiger partial charge in [0.05, 0.1) is 7.11 Å². The van der Waals surface area contributed by atoms with E-state index in [4.69, 9.17) is 14.2 Å². The summed E-state index contributed by atoms with van der Waals surface area (Å²) in [5, 5.41) is 0. The molecule has 0 aliphatic heterocycles. The average Bonchev–Trinajstić information content (AvgIpc) is 2.36. The van der Waals surface area contributed by atoms with Gasteiger partial charge in [-0.2, -0.15) is 0 Å². The van der Waals surface area contributed by atoms with Crippen molar-refractivity contribution in [1.82, 2.24) is 0 Å². The van der Waals surface area contributed by atoms with Crippen LogP contribution in [0.5, 0.6) is 11.5 Å². The number of benzene rings is 1. The van der Waals surface area contributed by atoms with E-state index < -0.39 is 0 Å². The molecule has 1 aromatic carbocycles. The number of hydrogen-bond donors (Lipinski definition) is 0. The van der Waals surface area contributed by atoms with Crippen molar-refractivity contribution in [2.45, 2.75) is 30.4 Å². The Morgan fingerprint density at radius 1 is 1.35 bits per heavy atom. The van der Waals surface area contributed by atoms with Gasteiger partial charge in [-0.15, -0.1) is 0 Å². The number of alkyl halides is 1. The second-order valence-electron chi connectivity index (χ2n) is 4.01. The summed E-state index contributed by atoms with van der Waals surface area (Å²) in [4.78, 5) is 0.401. The highest BCUT2D eigenvalue weighted by atomic mass is 79.9. The monoisotopic (exact) mass is 300 g/mol. The summed E-state index contributed by atoms with van der Waals surface area (Å²) in [6, 6.07) is 7.66. The lowest BCUT2D eigenvalue weighted by Crippen LogP contribution is -2.52. The lowest BCUT2D eigenvalue weighted by molar-refractivity contribution is -0.0723. The third kappa shape index (κ3) is 2.93. The van der Waals surface area contributed by atoms with Crippen LogP contribution >= 0.6 is 15.9 Å². The number of rotatable bonds is 5. The van der Waals surface area contributed by atoms with Gasteiger partial charge in [0.25, 0.3) is 0 Å². The van der Waals surface area contributed by atoms with Crippen molar-refractivity contribution in [1.29, 1.82) is 0 Å². The zero-order valence-electron chi connectivity index (χ0n) is 10.1. The third-order valence-electron chi connectivity index (χ3n) is 2.87. The van der Waals surface area contributed by atoms with Crippen LogP contribution in [0, 0.1) is 0 Å². The zero-order valence-corrected chi connectivity index (χ0v) is 11.6. The van der Waals surface area contributed by atoms with Gasteiger partial charge in [0.15, 0.2) is 0 Å². The molecule has 0 spiro atoms. The SMILES string of the molecule is CCOC1C(Br)CC1Oc1cccc(OC)c1. The molecule has 2 rings (SSSR count). The normalized spacial score (nSPS) is 27.4. The molecule has 3 atom stereocenters. The highest BCUT2D eigenvalue weighted by molar-refractivity contribution is 9.09. The average molecular weight is 301 g/mol. The molecule has 17 heavy (non-hydrogen) atoms. The molecule has 0 bridgehead atoms. The van der Waals surface area contributed by atoms with E-state index in [2.05, 4.69) is 15.9 Å². The molecular formula is C13H17BrO3. The van der Waals surface area contributed by atoms with Crippen LogP contribution in [0.4, 0.5) is 0 Å². The van der Waals surface area contributed by atoms with Crippen LogP contribution in [0.1, 0.15) is 13.3 Å². The first-order valence-electron chi connectivity index (χ1n) is 5.81. The molecule has 4 heteroatoms. The van der Waals surface area contributed by atoms with Crippen molar-refractivity contribution in [3.05, 3.63) is 24.3 Å². The summed E-state index contributed by atoms with van der Waals surface area (Å²) in [6.07, 6.45) is 1.25. The first-order chi connectivity index (χ1) is 8.24. The molecule has 1 aliphatic rings. The predicted octanol–water partition coefficient (Wildman–Crippen LogP) is 3.01. The Kier molecular flexibility index (Phi) is 4.29. The van der Waals surface area contributed by atoms with Crippen LogP contribution in [-0.2, 0) is 4.74 Å². The Hall–Kier alpha value is -0.740. The minimum atomic E-state index is 0.131. The summed E-state index contributed by atoms with van der Waals surface area (Å²) >= 11 is 3.58. The highest BCUT2D eigenvalue weighted by Crippen LogP contribution is 2.34. The van der Waals surface area contributed by atoms with E-state index in [0.717, 1.165) is 17.9 Å². The van der Waals surface area contributed by atoms with Gasteiger partial charge in [-0.05, 0) is 19.1 Å². The molecule has 1 aliphatic carbocycles. The van der Waals surface area contributed by atoms with E-state index in [1.807, 2.05) is 31.2 Å². The zero-order chi connectivity index (χ0) is 12.3. The van der Waals surface area contributed by atoms with Gasteiger partial charge in [-0.1, -0.05) is 22.0 Å². The minimum absolute atomic E-state index is 0.131. The largest absolute Gasteiger partial charge is 0.497 e. The van der Waals surface area contributed by atoms with E-state index in [9.17, 15) is 0 Å². The Bertz CT molecular complexity index is 369. The predicted molar refractivity (Wildman–Crippen MR) is 70.2 cm³/mol. The smallest absolute Gasteiger partial charge is 0.127 e. The first kappa shape index (κ1) is 12.7. The van der Waals surface area contributed by atoms with Crippen LogP contribution in [0.2, 0.25) is 0 Å². The van der Waals surface area contributed by atoms with Crippen molar-refractivity contribution in [3.63, 3.8) is 0 Å². The number of halogens is 1. The minimum Gasteiger partial charge on any atom is -0.497 e. The van der Waals surface area contributed by atoms with Crippen LogP contribution < -0.4 is 9.47 Å². The topological polar surface area (TPSA) is 27.7 Å². The Balaban J connectivity index is 1.96. The van der Waals surface area contributed by atoms with Gasteiger partial charge in [0.1, 0.15) is 23.7 Å². The number of hydrogen-bond acceptors (Lipinski definition) is 3. The van der Waals surface area contributed by atoms with Crippen LogP contribution in [0.25, 0.3) is 0 Å². The summed E-state index contributed by atoms with van der Waals surface area (Å²) in [5.74, 6) is 1.64. The maximum absolute atomic E-state index is 5.89. The summed E-state index contributed by atoms with van der Waals surface area (Å²) in [6.45, 7) is 2.71. The van der Waals surface area contributed by atoms with Crippen molar-refractivity contribution >= 4 is 15.9 Å². The van der Waals surface area contributed by atoms with Gasteiger partial charge in [-0.3, -0.25) is 0 Å². The maximum Gasteiger partial charge on any atom is 0.127 e. The van der Waals surface area contributed by atoms with Crippen molar-refractivity contribution in [2.75, 3.05) is 13.7 Å². The lowest BCUT2D eigenvalue weighted by atomic mass is 9.91. The maximum atomic E-state index is 5.89. The first-order valence-corrected chi connectivity index (χ1v) is 6.72. The van der Waals surface area contributed by atoms with Crippen molar-refractivity contribution < 1.29 is 14.2 Å². The van der Waals surface area contributed by atoms with Crippen molar-refractivity contribution in [2.24, 2.45) is 0 Å². The standard InChI is InChI=1S/C13H17BrO3/c1-3-16-13-11(14)8-12(13)17-10-6-4-5-9(7-10)15-2/h4-7,11-13H,3,8H2,1-2H3. The molecule has 0 radical (unpaired) electrons. The molecule has 1 aromatic rings. The van der Waals surface area contributed by atoms with Crippen LogP contribution in [-0.4, -0.2) is 30.8 Å². The van der Waals surface area contributed by atoms with Crippen LogP contribution in [0.3, 0.4) is 0 Å². The van der Waals surface area contributed by atoms with E-state index in [1.165, 1.54) is 0 Å². The summed E-state index contributed by atoms with van der Waals surface area (Å²) in [7, 11) is 1.65. The van der Waals surface area contributed by atoms with E-state index in [0.29, 0.717) is 11.4 Å². The Morgan fingerprint density at radius 2 is 2.12 bits per heavy atom. The summed E-state index contributed by atoms with van der Waals surface area (Å²) < 4.78 is 16.7. The molecule has 0 N–H and O–H groups in total. The van der Waals surface area contributed by atoms with Gasteiger partial charge >= 0.3 is 0 Å². The van der Waals surface area contributed by atoms with E-state index in [-0.39, 0.29) is 12.2 Å². The molecular weight excluding hydrogens is 284 g/mol. The molecule has 94 valence electrons. The van der Waals surface area contributed by atoms with Gasteiger partial charge < -0.3 is 14.2 Å². The quantitative estimate of drug-likeness (QED) is 0.783. The van der Waals surface area contributed by atoms with Gasteiger partial charge in [0.2, 0.25) is 0 Å². The lowest BCUT2D eigenvalue weighted by Gasteiger charge is -2.40. The third-order valence-corrected chi connectivity index (χ3v) is 3.76. The number of methoxy groups -OCH3 is 1. The second-order valence-corrected chi connectivity index (χ2v) is 5.18. The molecule has 0 saturated heterocycles. The molecule has 0 aromatic heterocycles. The molecule has 3 nitrogen and oxygen atoms in total. The fourth-order valence-electron chi connectivity index (χ4n) is 1.90. The van der Waals surface area contributed by atoms with Gasteiger partial charge in [0, 0.05) is 23.9 Å².